The molecule has 0 aromatic heterocycles. The Morgan fingerprint density at radius 1 is 1.12 bits per heavy atom. The molecule has 1 aliphatic heterocycles. The molecule has 0 radical (unpaired) electrons. The van der Waals surface area contributed by atoms with E-state index in [0.29, 0.717) is 28.3 Å². The molecule has 134 valence electrons. The van der Waals surface area contributed by atoms with Crippen LogP contribution < -0.4 is 4.74 Å². The number of amides is 1. The van der Waals surface area contributed by atoms with Crippen molar-refractivity contribution in [2.45, 2.75) is 20.5 Å². The van der Waals surface area contributed by atoms with Crippen LogP contribution >= 0.6 is 24.0 Å². The van der Waals surface area contributed by atoms with Gasteiger partial charge >= 0.3 is 0 Å². The Balaban J connectivity index is 1.78. The minimum atomic E-state index is -0.0217. The van der Waals surface area contributed by atoms with Crippen molar-refractivity contribution < 1.29 is 9.53 Å². The van der Waals surface area contributed by atoms with Gasteiger partial charge in [0.2, 0.25) is 0 Å². The summed E-state index contributed by atoms with van der Waals surface area (Å²) in [7, 11) is 0. The molecule has 3 rings (SSSR count). The summed E-state index contributed by atoms with van der Waals surface area (Å²) in [4.78, 5) is 15.0. The molecule has 2 aromatic rings. The second kappa shape index (κ2) is 8.52. The molecule has 0 spiro atoms. The summed E-state index contributed by atoms with van der Waals surface area (Å²) in [6.07, 6.45) is 1.87. The predicted octanol–water partition coefficient (Wildman–Crippen LogP) is 5.12. The molecule has 1 fully saturated rings. The third kappa shape index (κ3) is 4.54. The lowest BCUT2D eigenvalue weighted by Crippen LogP contribution is -2.31. The van der Waals surface area contributed by atoms with E-state index in [1.165, 1.54) is 11.8 Å². The number of carbonyl (C=O) groups excluding carboxylic acids is 1. The lowest BCUT2D eigenvalue weighted by atomic mass is 10.1. The number of ether oxygens (including phenoxy) is 1. The second-order valence-electron chi connectivity index (χ2n) is 6.50. The van der Waals surface area contributed by atoms with E-state index in [9.17, 15) is 4.79 Å². The first-order valence-electron chi connectivity index (χ1n) is 8.55. The zero-order valence-corrected chi connectivity index (χ0v) is 16.5. The van der Waals surface area contributed by atoms with Crippen molar-refractivity contribution in [2.75, 3.05) is 6.54 Å². The Bertz CT molecular complexity index is 831. The molecule has 1 heterocycles. The average Bonchev–Trinajstić information content (AvgIpc) is 2.89. The maximum Gasteiger partial charge on any atom is 0.266 e. The largest absolute Gasteiger partial charge is 0.488 e. The van der Waals surface area contributed by atoms with E-state index in [1.54, 1.807) is 4.90 Å². The number of hydrogen-bond acceptors (Lipinski definition) is 4. The minimum absolute atomic E-state index is 0.0217. The maximum atomic E-state index is 12.7. The van der Waals surface area contributed by atoms with Crippen LogP contribution in [-0.4, -0.2) is 21.7 Å². The van der Waals surface area contributed by atoms with Gasteiger partial charge in [-0.15, -0.1) is 0 Å². The fourth-order valence-electron chi connectivity index (χ4n) is 2.63. The van der Waals surface area contributed by atoms with Crippen molar-refractivity contribution >= 4 is 40.3 Å². The normalized spacial score (nSPS) is 16.0. The van der Waals surface area contributed by atoms with Crippen molar-refractivity contribution in [3.05, 3.63) is 70.6 Å². The molecule has 0 bridgehead atoms. The molecule has 5 heteroatoms. The summed E-state index contributed by atoms with van der Waals surface area (Å²) < 4.78 is 6.60. The fraction of sp³-hybridized carbons (Fsp3) is 0.238. The third-order valence-electron chi connectivity index (χ3n) is 3.86. The van der Waals surface area contributed by atoms with Crippen molar-refractivity contribution in [2.24, 2.45) is 5.92 Å². The molecule has 0 saturated carbocycles. The molecule has 2 aromatic carbocycles. The standard InChI is InChI=1S/C21H21NO2S2/c1-15(2)13-22-20(23)19(26-21(22)25)12-17-10-6-7-11-18(17)24-14-16-8-4-3-5-9-16/h3-12,15H,13-14H2,1-2H3/b19-12-. The van der Waals surface area contributed by atoms with Crippen LogP contribution in [0.3, 0.4) is 0 Å². The fourth-order valence-corrected chi connectivity index (χ4v) is 3.90. The van der Waals surface area contributed by atoms with Crippen molar-refractivity contribution in [1.29, 1.82) is 0 Å². The maximum absolute atomic E-state index is 12.7. The van der Waals surface area contributed by atoms with E-state index < -0.39 is 0 Å². The van der Waals surface area contributed by atoms with Crippen LogP contribution in [-0.2, 0) is 11.4 Å². The number of rotatable bonds is 6. The average molecular weight is 384 g/mol. The number of thioether (sulfide) groups is 1. The number of thiocarbonyl (C=S) groups is 1. The Morgan fingerprint density at radius 3 is 2.54 bits per heavy atom. The number of benzene rings is 2. The molecule has 0 unspecified atom stereocenters. The van der Waals surface area contributed by atoms with Gasteiger partial charge in [0.1, 0.15) is 16.7 Å². The van der Waals surface area contributed by atoms with Gasteiger partial charge in [-0.1, -0.05) is 86.4 Å². The first kappa shape index (κ1) is 18.7. The summed E-state index contributed by atoms with van der Waals surface area (Å²) in [5, 5.41) is 0. The van der Waals surface area contributed by atoms with Gasteiger partial charge in [-0.05, 0) is 23.6 Å². The predicted molar refractivity (Wildman–Crippen MR) is 112 cm³/mol. The van der Waals surface area contributed by atoms with Crippen molar-refractivity contribution in [3.8, 4) is 5.75 Å². The highest BCUT2D eigenvalue weighted by atomic mass is 32.2. The second-order valence-corrected chi connectivity index (χ2v) is 8.17. The van der Waals surface area contributed by atoms with Crippen LogP contribution in [0.15, 0.2) is 59.5 Å². The molecule has 1 aliphatic rings. The highest BCUT2D eigenvalue weighted by Gasteiger charge is 2.32. The van der Waals surface area contributed by atoms with E-state index in [-0.39, 0.29) is 5.91 Å². The smallest absolute Gasteiger partial charge is 0.266 e. The molecule has 1 saturated heterocycles. The van der Waals surface area contributed by atoms with Crippen molar-refractivity contribution in [3.63, 3.8) is 0 Å². The topological polar surface area (TPSA) is 29.5 Å². The van der Waals surface area contributed by atoms with Crippen LogP contribution in [0.25, 0.3) is 6.08 Å². The number of para-hydroxylation sites is 1. The van der Waals surface area contributed by atoms with Gasteiger partial charge in [-0.25, -0.2) is 0 Å². The first-order chi connectivity index (χ1) is 12.5. The van der Waals surface area contributed by atoms with E-state index in [0.717, 1.165) is 16.9 Å². The molecule has 3 nitrogen and oxygen atoms in total. The molecule has 0 atom stereocenters. The van der Waals surface area contributed by atoms with Crippen LogP contribution in [0.2, 0.25) is 0 Å². The lowest BCUT2D eigenvalue weighted by molar-refractivity contribution is -0.122. The zero-order chi connectivity index (χ0) is 18.5. The minimum Gasteiger partial charge on any atom is -0.488 e. The number of hydrogen-bond donors (Lipinski definition) is 0. The summed E-state index contributed by atoms with van der Waals surface area (Å²) in [5.74, 6) is 1.11. The Morgan fingerprint density at radius 2 is 1.81 bits per heavy atom. The van der Waals surface area contributed by atoms with E-state index >= 15 is 0 Å². The summed E-state index contributed by atoms with van der Waals surface area (Å²) in [6, 6.07) is 17.8. The van der Waals surface area contributed by atoms with Gasteiger partial charge in [-0.3, -0.25) is 9.69 Å². The Kier molecular flexibility index (Phi) is 6.12. The SMILES string of the molecule is CC(C)CN1C(=O)/C(=C/c2ccccc2OCc2ccccc2)SC1=S. The van der Waals surface area contributed by atoms with E-state index in [2.05, 4.69) is 13.8 Å². The summed E-state index contributed by atoms with van der Waals surface area (Å²) >= 11 is 6.73. The Labute approximate surface area is 164 Å². The van der Waals surface area contributed by atoms with Crippen LogP contribution in [0.5, 0.6) is 5.75 Å². The third-order valence-corrected chi connectivity index (χ3v) is 5.24. The zero-order valence-electron chi connectivity index (χ0n) is 14.8. The van der Waals surface area contributed by atoms with Gasteiger partial charge in [0, 0.05) is 12.1 Å². The number of nitrogens with zero attached hydrogens (tertiary/aromatic N) is 1. The quantitative estimate of drug-likeness (QED) is 0.511. The number of carbonyl (C=O) groups is 1. The Hall–Kier alpha value is -2.11. The summed E-state index contributed by atoms with van der Waals surface area (Å²) in [6.45, 7) is 5.29. The highest BCUT2D eigenvalue weighted by Crippen LogP contribution is 2.34. The van der Waals surface area contributed by atoms with Crippen LogP contribution in [0, 0.1) is 5.92 Å². The van der Waals surface area contributed by atoms with Gasteiger partial charge in [-0.2, -0.15) is 0 Å². The first-order valence-corrected chi connectivity index (χ1v) is 9.78. The molecule has 1 amide bonds. The molecule has 0 N–H and O–H groups in total. The van der Waals surface area contributed by atoms with Gasteiger partial charge in [0.15, 0.2) is 0 Å². The lowest BCUT2D eigenvalue weighted by Gasteiger charge is -2.16. The van der Waals surface area contributed by atoms with Gasteiger partial charge < -0.3 is 4.74 Å². The van der Waals surface area contributed by atoms with Crippen molar-refractivity contribution in [1.82, 2.24) is 4.90 Å². The van der Waals surface area contributed by atoms with E-state index in [4.69, 9.17) is 17.0 Å². The van der Waals surface area contributed by atoms with Gasteiger partial charge in [0.25, 0.3) is 5.91 Å². The van der Waals surface area contributed by atoms with Crippen LogP contribution in [0.4, 0.5) is 0 Å². The van der Waals surface area contributed by atoms with Crippen LogP contribution in [0.1, 0.15) is 25.0 Å². The highest BCUT2D eigenvalue weighted by molar-refractivity contribution is 8.26. The molecule has 26 heavy (non-hydrogen) atoms. The molecular formula is C21H21NO2S2. The summed E-state index contributed by atoms with van der Waals surface area (Å²) in [5.41, 5.74) is 1.99. The van der Waals surface area contributed by atoms with E-state index in [1.807, 2.05) is 60.7 Å². The monoisotopic (exact) mass is 383 g/mol. The molecular weight excluding hydrogens is 362 g/mol. The van der Waals surface area contributed by atoms with Gasteiger partial charge in [0.05, 0.1) is 4.91 Å². The molecule has 0 aliphatic carbocycles.